The first-order valence-corrected chi connectivity index (χ1v) is 18.1. The van der Waals surface area contributed by atoms with Crippen LogP contribution in [0.4, 0.5) is 0 Å². The summed E-state index contributed by atoms with van der Waals surface area (Å²) in [5.41, 5.74) is 1.42. The number of hydrogen-bond acceptors (Lipinski definition) is 8. The van der Waals surface area contributed by atoms with Gasteiger partial charge in [0.05, 0.1) is 39.9 Å². The Labute approximate surface area is 278 Å². The Kier molecular flexibility index (Phi) is 14.2. The van der Waals surface area contributed by atoms with Gasteiger partial charge in [-0.2, -0.15) is 0 Å². The van der Waals surface area contributed by atoms with Gasteiger partial charge in [0.2, 0.25) is 0 Å². The normalized spacial score (nSPS) is 32.8. The summed E-state index contributed by atoms with van der Waals surface area (Å²) in [7, 11) is 2.64. The zero-order chi connectivity index (χ0) is 34.1. The molecule has 3 saturated carbocycles. The maximum Gasteiger partial charge on any atom is 0.306 e. The lowest BCUT2D eigenvalue weighted by Gasteiger charge is -2.59. The minimum atomic E-state index is -0.426. The molecule has 0 aliphatic heterocycles. The number of carbonyl (C=O) groups is 4. The molecule has 4 aliphatic rings. The molecule has 0 aromatic rings. The second-order valence-corrected chi connectivity index (χ2v) is 14.9. The second-order valence-electron chi connectivity index (χ2n) is 14.9. The van der Waals surface area contributed by atoms with Gasteiger partial charge in [-0.1, -0.05) is 66.4 Å². The maximum absolute atomic E-state index is 13.1. The quantitative estimate of drug-likeness (QED) is 0.0855. The van der Waals surface area contributed by atoms with Crippen LogP contribution in [-0.2, 0) is 38.1 Å². The average Bonchev–Trinajstić information content (AvgIpc) is 3.38. The molecule has 8 unspecified atom stereocenters. The number of fused-ring (bicyclic) bond motifs is 5. The number of ether oxygens (including phenoxy) is 4. The van der Waals surface area contributed by atoms with E-state index in [9.17, 15) is 19.2 Å². The standard InChI is InChI=1S/C36H56O8.C2H6/c1-23(2)9-7-8-10-24-11-12-27-34-28(18-20-35(24,27)3)36(4)19-17-26(43-32(39)15-13-30(37)41-5)21-25(36)22-29(34)44-33(40)16-14-31(38)42-6;1-2/h22-24,26-29,34H,7-21H2,1-6H3;1-2H3. The molecular weight excluding hydrogens is 584 g/mol. The molecule has 4 aliphatic carbocycles. The maximum atomic E-state index is 13.1. The zero-order valence-electron chi connectivity index (χ0n) is 30.0. The fourth-order valence-corrected chi connectivity index (χ4v) is 9.40. The molecule has 262 valence electrons. The van der Waals surface area contributed by atoms with Gasteiger partial charge in [0.1, 0.15) is 12.2 Å². The van der Waals surface area contributed by atoms with Gasteiger partial charge in [-0.05, 0) is 85.5 Å². The van der Waals surface area contributed by atoms with E-state index in [0.29, 0.717) is 24.2 Å². The van der Waals surface area contributed by atoms with Crippen LogP contribution in [0.3, 0.4) is 0 Å². The third kappa shape index (κ3) is 8.94. The number of esters is 4. The lowest BCUT2D eigenvalue weighted by Crippen LogP contribution is -2.55. The van der Waals surface area contributed by atoms with Gasteiger partial charge in [0, 0.05) is 12.3 Å². The van der Waals surface area contributed by atoms with Gasteiger partial charge in [0.15, 0.2) is 0 Å². The van der Waals surface area contributed by atoms with Crippen molar-refractivity contribution in [3.63, 3.8) is 0 Å². The summed E-state index contributed by atoms with van der Waals surface area (Å²) in [4.78, 5) is 48.9. The number of carbonyl (C=O) groups excluding carboxylic acids is 4. The van der Waals surface area contributed by atoms with Crippen LogP contribution in [-0.4, -0.2) is 50.3 Å². The molecule has 8 heteroatoms. The second kappa shape index (κ2) is 17.1. The van der Waals surface area contributed by atoms with Gasteiger partial charge >= 0.3 is 23.9 Å². The van der Waals surface area contributed by atoms with Gasteiger partial charge < -0.3 is 18.9 Å². The monoisotopic (exact) mass is 646 g/mol. The largest absolute Gasteiger partial charge is 0.469 e. The number of unbranched alkanes of at least 4 members (excludes halogenated alkanes) is 1. The Morgan fingerprint density at radius 1 is 0.783 bits per heavy atom. The summed E-state index contributed by atoms with van der Waals surface area (Å²) in [6, 6.07) is 0. The van der Waals surface area contributed by atoms with Crippen molar-refractivity contribution in [1.29, 1.82) is 0 Å². The Morgan fingerprint density at radius 2 is 1.39 bits per heavy atom. The highest BCUT2D eigenvalue weighted by Crippen LogP contribution is 2.67. The minimum Gasteiger partial charge on any atom is -0.469 e. The number of hydrogen-bond donors (Lipinski definition) is 0. The SMILES string of the molecule is CC.COC(=O)CCC(=O)OC1CCC2(C)C(=CC(OC(=O)CCC(=O)OC)C3C2CCC2(C)C(CCCCC(C)C)CCC32)C1. The Morgan fingerprint density at radius 3 is 2.00 bits per heavy atom. The molecule has 8 atom stereocenters. The highest BCUT2D eigenvalue weighted by molar-refractivity contribution is 5.78. The van der Waals surface area contributed by atoms with E-state index in [1.165, 1.54) is 64.7 Å². The summed E-state index contributed by atoms with van der Waals surface area (Å²) in [5, 5.41) is 0. The number of methoxy groups -OCH3 is 2. The molecular formula is C38H62O8. The van der Waals surface area contributed by atoms with Crippen molar-refractivity contribution in [3.05, 3.63) is 11.6 Å². The van der Waals surface area contributed by atoms with Gasteiger partial charge in [-0.25, -0.2) is 0 Å². The fraction of sp³-hybridized carbons (Fsp3) is 0.842. The van der Waals surface area contributed by atoms with E-state index in [1.807, 2.05) is 13.8 Å². The molecule has 3 fully saturated rings. The Hall–Kier alpha value is -2.38. The highest BCUT2D eigenvalue weighted by Gasteiger charge is 2.61. The minimum absolute atomic E-state index is 0.00183. The molecule has 0 radical (unpaired) electrons. The predicted octanol–water partition coefficient (Wildman–Crippen LogP) is 8.15. The molecule has 0 amide bonds. The van der Waals surface area contributed by atoms with E-state index in [4.69, 9.17) is 14.2 Å². The lowest BCUT2D eigenvalue weighted by molar-refractivity contribution is -0.163. The van der Waals surface area contributed by atoms with Crippen LogP contribution in [0, 0.1) is 40.4 Å². The summed E-state index contributed by atoms with van der Waals surface area (Å²) in [5.74, 6) is 0.964. The van der Waals surface area contributed by atoms with Crippen molar-refractivity contribution in [2.45, 2.75) is 150 Å². The topological polar surface area (TPSA) is 105 Å². The molecule has 0 spiro atoms. The van der Waals surface area contributed by atoms with E-state index in [1.54, 1.807) is 0 Å². The third-order valence-corrected chi connectivity index (χ3v) is 11.9. The van der Waals surface area contributed by atoms with E-state index in [-0.39, 0.29) is 66.6 Å². The van der Waals surface area contributed by atoms with Gasteiger partial charge in [-0.3, -0.25) is 19.2 Å². The zero-order valence-corrected chi connectivity index (χ0v) is 30.0. The lowest BCUT2D eigenvalue weighted by atomic mass is 9.46. The van der Waals surface area contributed by atoms with E-state index in [0.717, 1.165) is 25.2 Å². The van der Waals surface area contributed by atoms with Crippen molar-refractivity contribution in [2.24, 2.45) is 40.4 Å². The van der Waals surface area contributed by atoms with Crippen LogP contribution in [0.25, 0.3) is 0 Å². The van der Waals surface area contributed by atoms with Gasteiger partial charge in [0.25, 0.3) is 0 Å². The summed E-state index contributed by atoms with van der Waals surface area (Å²) >= 11 is 0. The summed E-state index contributed by atoms with van der Waals surface area (Å²) in [6.45, 7) is 13.5. The van der Waals surface area contributed by atoms with E-state index >= 15 is 0 Å². The summed E-state index contributed by atoms with van der Waals surface area (Å²) < 4.78 is 21.5. The molecule has 46 heavy (non-hydrogen) atoms. The van der Waals surface area contributed by atoms with Crippen LogP contribution in [0.5, 0.6) is 0 Å². The van der Waals surface area contributed by atoms with Crippen molar-refractivity contribution in [1.82, 2.24) is 0 Å². The Bertz CT molecular complexity index is 1080. The molecule has 4 rings (SSSR count). The third-order valence-electron chi connectivity index (χ3n) is 11.9. The summed E-state index contributed by atoms with van der Waals surface area (Å²) in [6.07, 6.45) is 13.8. The molecule has 0 N–H and O–H groups in total. The first-order chi connectivity index (χ1) is 21.9. The van der Waals surface area contributed by atoms with Crippen molar-refractivity contribution < 1.29 is 38.1 Å². The first-order valence-electron chi connectivity index (χ1n) is 18.1. The van der Waals surface area contributed by atoms with Crippen LogP contribution in [0.15, 0.2) is 11.6 Å². The first kappa shape index (κ1) is 38.1. The smallest absolute Gasteiger partial charge is 0.306 e. The van der Waals surface area contributed by atoms with Crippen LogP contribution in [0.2, 0.25) is 0 Å². The molecule has 0 heterocycles. The van der Waals surface area contributed by atoms with Crippen LogP contribution in [0.1, 0.15) is 138 Å². The molecule has 0 aromatic heterocycles. The predicted molar refractivity (Wildman–Crippen MR) is 177 cm³/mol. The van der Waals surface area contributed by atoms with Gasteiger partial charge in [-0.15, -0.1) is 0 Å². The van der Waals surface area contributed by atoms with Crippen LogP contribution >= 0.6 is 0 Å². The molecule has 0 bridgehead atoms. The highest BCUT2D eigenvalue weighted by atomic mass is 16.6. The van der Waals surface area contributed by atoms with Crippen molar-refractivity contribution in [3.8, 4) is 0 Å². The molecule has 0 saturated heterocycles. The molecule has 0 aromatic carbocycles. The molecule has 8 nitrogen and oxygen atoms in total. The van der Waals surface area contributed by atoms with E-state index < -0.39 is 11.9 Å². The Balaban J connectivity index is 0.00000282. The van der Waals surface area contributed by atoms with E-state index in [2.05, 4.69) is 38.5 Å². The fourth-order valence-electron chi connectivity index (χ4n) is 9.40. The van der Waals surface area contributed by atoms with Crippen LogP contribution < -0.4 is 0 Å². The average molecular weight is 647 g/mol. The van der Waals surface area contributed by atoms with Crippen molar-refractivity contribution >= 4 is 23.9 Å². The van der Waals surface area contributed by atoms with Crippen molar-refractivity contribution in [2.75, 3.05) is 14.2 Å². The number of rotatable bonds is 13.